The van der Waals surface area contributed by atoms with Gasteiger partial charge in [0.25, 0.3) is 0 Å². The van der Waals surface area contributed by atoms with E-state index in [1.54, 1.807) is 18.2 Å². The quantitative estimate of drug-likeness (QED) is 0.912. The van der Waals surface area contributed by atoms with E-state index in [0.717, 1.165) is 22.2 Å². The highest BCUT2D eigenvalue weighted by molar-refractivity contribution is 7.92. The minimum absolute atomic E-state index is 0.158. The molecule has 1 amide bonds. The first-order chi connectivity index (χ1) is 10.8. The molecule has 0 unspecified atom stereocenters. The Morgan fingerprint density at radius 3 is 2.48 bits per heavy atom. The fourth-order valence-corrected chi connectivity index (χ4v) is 2.95. The van der Waals surface area contributed by atoms with E-state index in [2.05, 4.69) is 5.32 Å². The SMILES string of the molecule is Cc1cccc(NC(=O)CN(c2ccccc2F)S(C)(=O)=O)c1. The number of carbonyl (C=O) groups excluding carboxylic acids is 1. The minimum atomic E-state index is -3.80. The van der Waals surface area contributed by atoms with Gasteiger partial charge in [-0.05, 0) is 36.8 Å². The molecule has 23 heavy (non-hydrogen) atoms. The Morgan fingerprint density at radius 1 is 1.17 bits per heavy atom. The maximum Gasteiger partial charge on any atom is 0.245 e. The van der Waals surface area contributed by atoms with Crippen LogP contribution in [-0.4, -0.2) is 27.1 Å². The zero-order valence-electron chi connectivity index (χ0n) is 12.8. The van der Waals surface area contributed by atoms with E-state index in [9.17, 15) is 17.6 Å². The molecular weight excluding hydrogens is 319 g/mol. The van der Waals surface area contributed by atoms with Crippen LogP contribution in [0.3, 0.4) is 0 Å². The number of hydrogen-bond donors (Lipinski definition) is 1. The maximum absolute atomic E-state index is 13.9. The van der Waals surface area contributed by atoms with E-state index < -0.39 is 28.3 Å². The zero-order valence-corrected chi connectivity index (χ0v) is 13.6. The lowest BCUT2D eigenvalue weighted by molar-refractivity contribution is -0.114. The monoisotopic (exact) mass is 336 g/mol. The number of sulfonamides is 1. The molecule has 0 aromatic heterocycles. The summed E-state index contributed by atoms with van der Waals surface area (Å²) in [5.74, 6) is -1.26. The van der Waals surface area contributed by atoms with Crippen molar-refractivity contribution < 1.29 is 17.6 Å². The lowest BCUT2D eigenvalue weighted by Gasteiger charge is -2.22. The van der Waals surface area contributed by atoms with Crippen LogP contribution < -0.4 is 9.62 Å². The van der Waals surface area contributed by atoms with E-state index in [0.29, 0.717) is 5.69 Å². The standard InChI is InChI=1S/C16H17FN2O3S/c1-12-6-5-7-13(10-12)18-16(20)11-19(23(2,21)22)15-9-4-3-8-14(15)17/h3-10H,11H2,1-2H3,(H,18,20). The van der Waals surface area contributed by atoms with Crippen LogP contribution in [0.15, 0.2) is 48.5 Å². The second kappa shape index (κ2) is 6.78. The van der Waals surface area contributed by atoms with Crippen LogP contribution >= 0.6 is 0 Å². The molecule has 0 spiro atoms. The molecule has 0 saturated carbocycles. The lowest BCUT2D eigenvalue weighted by atomic mass is 10.2. The van der Waals surface area contributed by atoms with E-state index in [4.69, 9.17) is 0 Å². The molecule has 0 bridgehead atoms. The number of rotatable bonds is 5. The van der Waals surface area contributed by atoms with Crippen LogP contribution in [0, 0.1) is 12.7 Å². The largest absolute Gasteiger partial charge is 0.325 e. The molecular formula is C16H17FN2O3S. The van der Waals surface area contributed by atoms with Crippen molar-refractivity contribution in [2.45, 2.75) is 6.92 Å². The number of nitrogens with zero attached hydrogens (tertiary/aromatic N) is 1. The minimum Gasteiger partial charge on any atom is -0.325 e. The van der Waals surface area contributed by atoms with Gasteiger partial charge in [0, 0.05) is 5.69 Å². The molecule has 2 rings (SSSR count). The topological polar surface area (TPSA) is 66.5 Å². The van der Waals surface area contributed by atoms with Gasteiger partial charge in [0.05, 0.1) is 11.9 Å². The molecule has 0 aliphatic heterocycles. The summed E-state index contributed by atoms with van der Waals surface area (Å²) < 4.78 is 38.4. The van der Waals surface area contributed by atoms with E-state index in [1.165, 1.54) is 18.2 Å². The van der Waals surface area contributed by atoms with Gasteiger partial charge in [-0.15, -0.1) is 0 Å². The Hall–Kier alpha value is -2.41. The van der Waals surface area contributed by atoms with Gasteiger partial charge in [0.15, 0.2) is 0 Å². The summed E-state index contributed by atoms with van der Waals surface area (Å²) in [6, 6.07) is 12.5. The summed E-state index contributed by atoms with van der Waals surface area (Å²) in [6.45, 7) is 1.37. The molecule has 0 saturated heterocycles. The summed E-state index contributed by atoms with van der Waals surface area (Å²) in [5.41, 5.74) is 1.35. The normalized spacial score (nSPS) is 11.1. The zero-order chi connectivity index (χ0) is 17.0. The maximum atomic E-state index is 13.9. The molecule has 1 N–H and O–H groups in total. The third-order valence-electron chi connectivity index (χ3n) is 3.11. The molecule has 0 heterocycles. The van der Waals surface area contributed by atoms with Crippen molar-refractivity contribution in [3.8, 4) is 0 Å². The van der Waals surface area contributed by atoms with Crippen molar-refractivity contribution in [3.63, 3.8) is 0 Å². The average molecular weight is 336 g/mol. The number of benzene rings is 2. The third kappa shape index (κ3) is 4.53. The van der Waals surface area contributed by atoms with E-state index in [1.807, 2.05) is 13.0 Å². The predicted molar refractivity (Wildman–Crippen MR) is 88.4 cm³/mol. The molecule has 0 atom stereocenters. The Kier molecular flexibility index (Phi) is 5.00. The van der Waals surface area contributed by atoms with Crippen LogP contribution in [0.25, 0.3) is 0 Å². The summed E-state index contributed by atoms with van der Waals surface area (Å²) in [7, 11) is -3.80. The molecule has 0 aliphatic carbocycles. The van der Waals surface area contributed by atoms with Gasteiger partial charge in [-0.25, -0.2) is 12.8 Å². The summed E-state index contributed by atoms with van der Waals surface area (Å²) in [4.78, 5) is 12.1. The van der Waals surface area contributed by atoms with Gasteiger partial charge in [-0.2, -0.15) is 0 Å². The molecule has 5 nitrogen and oxygen atoms in total. The van der Waals surface area contributed by atoms with Crippen molar-refractivity contribution in [2.24, 2.45) is 0 Å². The summed E-state index contributed by atoms with van der Waals surface area (Å²) in [5, 5.41) is 2.61. The highest BCUT2D eigenvalue weighted by atomic mass is 32.2. The van der Waals surface area contributed by atoms with Crippen molar-refractivity contribution in [1.29, 1.82) is 0 Å². The first-order valence-corrected chi connectivity index (χ1v) is 8.71. The number of anilines is 2. The predicted octanol–water partition coefficient (Wildman–Crippen LogP) is 2.54. The molecule has 122 valence electrons. The Labute approximate surface area is 134 Å². The summed E-state index contributed by atoms with van der Waals surface area (Å²) in [6.07, 6.45) is 0.930. The van der Waals surface area contributed by atoms with Gasteiger partial charge in [-0.3, -0.25) is 9.10 Å². The molecule has 2 aromatic carbocycles. The highest BCUT2D eigenvalue weighted by Crippen LogP contribution is 2.21. The molecule has 0 radical (unpaired) electrons. The number of hydrogen-bond acceptors (Lipinski definition) is 3. The number of halogens is 1. The molecule has 2 aromatic rings. The number of nitrogens with one attached hydrogen (secondary N) is 1. The Balaban J connectivity index is 2.22. The highest BCUT2D eigenvalue weighted by Gasteiger charge is 2.23. The Morgan fingerprint density at radius 2 is 1.87 bits per heavy atom. The third-order valence-corrected chi connectivity index (χ3v) is 4.24. The average Bonchev–Trinajstić information content (AvgIpc) is 2.44. The van der Waals surface area contributed by atoms with Crippen molar-refractivity contribution in [3.05, 3.63) is 59.9 Å². The van der Waals surface area contributed by atoms with Gasteiger partial charge in [-0.1, -0.05) is 24.3 Å². The fraction of sp³-hybridized carbons (Fsp3) is 0.188. The van der Waals surface area contributed by atoms with Crippen molar-refractivity contribution in [2.75, 3.05) is 22.4 Å². The smallest absolute Gasteiger partial charge is 0.245 e. The van der Waals surface area contributed by atoms with Crippen LogP contribution in [0.4, 0.5) is 15.8 Å². The first kappa shape index (κ1) is 17.0. The van der Waals surface area contributed by atoms with Crippen molar-refractivity contribution >= 4 is 27.3 Å². The number of para-hydroxylation sites is 1. The summed E-state index contributed by atoms with van der Waals surface area (Å²) >= 11 is 0. The lowest BCUT2D eigenvalue weighted by Crippen LogP contribution is -2.38. The molecule has 0 fully saturated rings. The van der Waals surface area contributed by atoms with Gasteiger partial charge >= 0.3 is 0 Å². The van der Waals surface area contributed by atoms with Crippen LogP contribution in [-0.2, 0) is 14.8 Å². The van der Waals surface area contributed by atoms with Crippen molar-refractivity contribution in [1.82, 2.24) is 0 Å². The second-order valence-corrected chi connectivity index (χ2v) is 7.05. The number of amides is 1. The fourth-order valence-electron chi connectivity index (χ4n) is 2.09. The van der Waals surface area contributed by atoms with Gasteiger partial charge < -0.3 is 5.32 Å². The second-order valence-electron chi connectivity index (χ2n) is 5.14. The van der Waals surface area contributed by atoms with Gasteiger partial charge in [0.2, 0.25) is 15.9 Å². The van der Waals surface area contributed by atoms with E-state index in [-0.39, 0.29) is 5.69 Å². The molecule has 0 aliphatic rings. The Bertz CT molecular complexity index is 822. The first-order valence-electron chi connectivity index (χ1n) is 6.86. The van der Waals surface area contributed by atoms with E-state index >= 15 is 0 Å². The van der Waals surface area contributed by atoms with Crippen LogP contribution in [0.2, 0.25) is 0 Å². The van der Waals surface area contributed by atoms with Crippen LogP contribution in [0.1, 0.15) is 5.56 Å². The van der Waals surface area contributed by atoms with Gasteiger partial charge in [0.1, 0.15) is 12.4 Å². The number of aryl methyl sites for hydroxylation is 1. The number of carbonyl (C=O) groups is 1. The molecule has 7 heteroatoms. The van der Waals surface area contributed by atoms with Crippen LogP contribution in [0.5, 0.6) is 0 Å².